The van der Waals surface area contributed by atoms with Crippen LogP contribution in [0.4, 0.5) is 5.69 Å². The number of aromatic amines is 1. The minimum Gasteiger partial charge on any atom is -0.296 e. The highest BCUT2D eigenvalue weighted by Gasteiger charge is 2.13. The normalized spacial score (nSPS) is 10.5. The Balaban J connectivity index is 2.48. The van der Waals surface area contributed by atoms with E-state index < -0.39 is 16.2 Å². The molecule has 0 aliphatic rings. The van der Waals surface area contributed by atoms with Crippen LogP contribution in [0.3, 0.4) is 0 Å². The first-order valence-corrected chi connectivity index (χ1v) is 5.93. The van der Waals surface area contributed by atoms with Gasteiger partial charge in [-0.15, -0.1) is 0 Å². The van der Waals surface area contributed by atoms with E-state index in [0.29, 0.717) is 16.7 Å². The first-order chi connectivity index (χ1) is 9.40. The van der Waals surface area contributed by atoms with E-state index in [4.69, 9.17) is 0 Å². The van der Waals surface area contributed by atoms with Crippen molar-refractivity contribution in [2.45, 2.75) is 20.4 Å². The zero-order chi connectivity index (χ0) is 14.9. The largest absolute Gasteiger partial charge is 0.328 e. The van der Waals surface area contributed by atoms with Gasteiger partial charge in [0.05, 0.1) is 11.5 Å². The van der Waals surface area contributed by atoms with Gasteiger partial charge in [0, 0.05) is 23.4 Å². The second kappa shape index (κ2) is 5.12. The highest BCUT2D eigenvalue weighted by Crippen LogP contribution is 2.21. The Kier molecular flexibility index (Phi) is 3.51. The number of nitrogens with one attached hydrogen (secondary N) is 1. The van der Waals surface area contributed by atoms with Gasteiger partial charge in [0.15, 0.2) is 0 Å². The number of aromatic nitrogens is 2. The molecule has 0 bridgehead atoms. The van der Waals surface area contributed by atoms with Crippen LogP contribution in [-0.4, -0.2) is 14.5 Å². The third kappa shape index (κ3) is 2.51. The molecule has 1 aromatic carbocycles. The topological polar surface area (TPSA) is 98.0 Å². The molecule has 0 radical (unpaired) electrons. The van der Waals surface area contributed by atoms with Crippen molar-refractivity contribution in [3.05, 3.63) is 72.0 Å². The maximum Gasteiger partial charge on any atom is 0.328 e. The van der Waals surface area contributed by atoms with E-state index in [0.717, 1.165) is 0 Å². The molecule has 0 atom stereocenters. The van der Waals surface area contributed by atoms with Crippen LogP contribution in [0.5, 0.6) is 0 Å². The van der Waals surface area contributed by atoms with Crippen LogP contribution in [0.1, 0.15) is 16.7 Å². The number of nitrogens with zero attached hydrogens (tertiary/aromatic N) is 2. The number of H-pyrrole nitrogens is 1. The van der Waals surface area contributed by atoms with E-state index in [9.17, 15) is 19.7 Å². The molecule has 0 saturated heterocycles. The van der Waals surface area contributed by atoms with Crippen LogP contribution >= 0.6 is 0 Å². The second-order valence-electron chi connectivity index (χ2n) is 4.52. The molecule has 2 rings (SSSR count). The van der Waals surface area contributed by atoms with Crippen molar-refractivity contribution in [2.75, 3.05) is 0 Å². The van der Waals surface area contributed by atoms with Crippen molar-refractivity contribution < 1.29 is 4.92 Å². The average molecular weight is 275 g/mol. The van der Waals surface area contributed by atoms with E-state index in [2.05, 4.69) is 4.98 Å². The lowest BCUT2D eigenvalue weighted by molar-refractivity contribution is -0.385. The molecule has 0 fully saturated rings. The smallest absolute Gasteiger partial charge is 0.296 e. The summed E-state index contributed by atoms with van der Waals surface area (Å²) < 4.78 is 1.32. The molecule has 0 saturated carbocycles. The highest BCUT2D eigenvalue weighted by atomic mass is 16.6. The Labute approximate surface area is 113 Å². The van der Waals surface area contributed by atoms with Crippen LogP contribution in [-0.2, 0) is 6.54 Å². The van der Waals surface area contributed by atoms with Gasteiger partial charge in [0.25, 0.3) is 11.2 Å². The first-order valence-electron chi connectivity index (χ1n) is 5.93. The third-order valence-corrected chi connectivity index (χ3v) is 3.14. The maximum absolute atomic E-state index is 11.7. The number of hydrogen-bond acceptors (Lipinski definition) is 4. The van der Waals surface area contributed by atoms with Gasteiger partial charge >= 0.3 is 5.69 Å². The number of nitro groups is 1. The summed E-state index contributed by atoms with van der Waals surface area (Å²) in [6, 6.07) is 4.71. The Hall–Kier alpha value is -2.70. The molecular weight excluding hydrogens is 262 g/mol. The minimum absolute atomic E-state index is 0.0108. The standard InChI is InChI=1S/C13H13N3O4/c1-8-6-15(13(18)14-12(8)17)7-10-4-3-5-11(9(10)2)16(19)20/h3-6H,7H2,1-2H3,(H,14,17,18). The van der Waals surface area contributed by atoms with Crippen LogP contribution in [0.2, 0.25) is 0 Å². The summed E-state index contributed by atoms with van der Waals surface area (Å²) in [6.45, 7) is 3.40. The van der Waals surface area contributed by atoms with Crippen molar-refractivity contribution in [2.24, 2.45) is 0 Å². The molecule has 2 aromatic rings. The van der Waals surface area contributed by atoms with E-state index in [1.807, 2.05) is 0 Å². The van der Waals surface area contributed by atoms with E-state index in [1.54, 1.807) is 26.0 Å². The predicted molar refractivity (Wildman–Crippen MR) is 73.0 cm³/mol. The molecule has 0 aliphatic heterocycles. The lowest BCUT2D eigenvalue weighted by Crippen LogP contribution is -2.31. The number of rotatable bonds is 3. The lowest BCUT2D eigenvalue weighted by atomic mass is 10.1. The van der Waals surface area contributed by atoms with Crippen molar-refractivity contribution in [1.82, 2.24) is 9.55 Å². The Bertz CT molecular complexity index is 789. The average Bonchev–Trinajstić information content (AvgIpc) is 2.37. The van der Waals surface area contributed by atoms with Crippen molar-refractivity contribution >= 4 is 5.69 Å². The van der Waals surface area contributed by atoms with Crippen LogP contribution in [0.25, 0.3) is 0 Å². The monoisotopic (exact) mass is 275 g/mol. The fourth-order valence-electron chi connectivity index (χ4n) is 1.96. The van der Waals surface area contributed by atoms with E-state index in [1.165, 1.54) is 16.8 Å². The van der Waals surface area contributed by atoms with E-state index >= 15 is 0 Å². The summed E-state index contributed by atoms with van der Waals surface area (Å²) in [5.41, 5.74) is 0.624. The second-order valence-corrected chi connectivity index (χ2v) is 4.52. The summed E-state index contributed by atoms with van der Waals surface area (Å²) in [5.74, 6) is 0. The summed E-state index contributed by atoms with van der Waals surface area (Å²) in [6.07, 6.45) is 1.44. The zero-order valence-electron chi connectivity index (χ0n) is 11.0. The van der Waals surface area contributed by atoms with Crippen LogP contribution < -0.4 is 11.2 Å². The zero-order valence-corrected chi connectivity index (χ0v) is 11.0. The summed E-state index contributed by atoms with van der Waals surface area (Å²) in [4.78, 5) is 35.6. The summed E-state index contributed by atoms with van der Waals surface area (Å²) in [5, 5.41) is 10.9. The van der Waals surface area contributed by atoms with Crippen molar-refractivity contribution in [3.8, 4) is 0 Å². The molecule has 104 valence electrons. The first kappa shape index (κ1) is 13.7. The highest BCUT2D eigenvalue weighted by molar-refractivity contribution is 5.44. The Morgan fingerprint density at radius 2 is 2.00 bits per heavy atom. The van der Waals surface area contributed by atoms with Gasteiger partial charge in [-0.25, -0.2) is 4.79 Å². The molecular formula is C13H13N3O4. The Morgan fingerprint density at radius 1 is 1.30 bits per heavy atom. The summed E-state index contributed by atoms with van der Waals surface area (Å²) >= 11 is 0. The maximum atomic E-state index is 11.7. The molecule has 0 amide bonds. The fourth-order valence-corrected chi connectivity index (χ4v) is 1.96. The van der Waals surface area contributed by atoms with Gasteiger partial charge in [0.2, 0.25) is 0 Å². The molecule has 7 nitrogen and oxygen atoms in total. The van der Waals surface area contributed by atoms with Gasteiger partial charge in [-0.1, -0.05) is 12.1 Å². The van der Waals surface area contributed by atoms with Crippen molar-refractivity contribution in [1.29, 1.82) is 0 Å². The molecule has 1 aromatic heterocycles. The molecule has 0 aliphatic carbocycles. The predicted octanol–water partition coefficient (Wildman–Crippen LogP) is 1.11. The lowest BCUT2D eigenvalue weighted by Gasteiger charge is -2.09. The quantitative estimate of drug-likeness (QED) is 0.670. The minimum atomic E-state index is -0.536. The number of hydrogen-bond donors (Lipinski definition) is 1. The fraction of sp³-hybridized carbons (Fsp3) is 0.231. The molecule has 20 heavy (non-hydrogen) atoms. The van der Waals surface area contributed by atoms with Gasteiger partial charge in [0.1, 0.15) is 0 Å². The van der Waals surface area contributed by atoms with Gasteiger partial charge < -0.3 is 0 Å². The Morgan fingerprint density at radius 3 is 2.65 bits per heavy atom. The number of aryl methyl sites for hydroxylation is 1. The summed E-state index contributed by atoms with van der Waals surface area (Å²) in [7, 11) is 0. The number of nitro benzene ring substituents is 1. The van der Waals surface area contributed by atoms with Gasteiger partial charge in [-0.3, -0.25) is 24.5 Å². The SMILES string of the molecule is Cc1c(Cn2cc(C)c(=O)[nH]c2=O)cccc1[N+](=O)[O-]. The van der Waals surface area contributed by atoms with Gasteiger partial charge in [-0.2, -0.15) is 0 Å². The van der Waals surface area contributed by atoms with Crippen LogP contribution in [0, 0.1) is 24.0 Å². The third-order valence-electron chi connectivity index (χ3n) is 3.14. The van der Waals surface area contributed by atoms with Crippen molar-refractivity contribution in [3.63, 3.8) is 0 Å². The molecule has 0 spiro atoms. The molecule has 0 unspecified atom stereocenters. The molecule has 1 N–H and O–H groups in total. The van der Waals surface area contributed by atoms with Crippen LogP contribution in [0.15, 0.2) is 34.0 Å². The molecule has 7 heteroatoms. The van der Waals surface area contributed by atoms with E-state index in [-0.39, 0.29) is 12.2 Å². The van der Waals surface area contributed by atoms with Gasteiger partial charge in [-0.05, 0) is 19.4 Å². The molecule has 1 heterocycles. The number of benzene rings is 1.